The maximum absolute atomic E-state index is 9.12. The summed E-state index contributed by atoms with van der Waals surface area (Å²) in [4.78, 5) is 4.08. The lowest BCUT2D eigenvalue weighted by atomic mass is 10.1. The first-order valence-corrected chi connectivity index (χ1v) is 5.79. The van der Waals surface area contributed by atoms with Crippen LogP contribution in [0.15, 0.2) is 30.3 Å². The van der Waals surface area contributed by atoms with E-state index in [1.165, 1.54) is 7.11 Å². The zero-order valence-electron chi connectivity index (χ0n) is 10.1. The number of rotatable bonds is 3. The number of nitrogens with zero attached hydrogens (tertiary/aromatic N) is 2. The third kappa shape index (κ3) is 2.69. The maximum atomic E-state index is 9.12. The van der Waals surface area contributed by atoms with Crippen LogP contribution in [0.1, 0.15) is 5.56 Å². The summed E-state index contributed by atoms with van der Waals surface area (Å²) >= 11 is 5.83. The molecule has 5 nitrogen and oxygen atoms in total. The molecule has 6 heteroatoms. The van der Waals surface area contributed by atoms with E-state index in [1.807, 2.05) is 0 Å². The number of anilines is 3. The number of para-hydroxylation sites is 1. The van der Waals surface area contributed by atoms with Crippen LogP contribution >= 0.6 is 11.6 Å². The molecule has 0 saturated heterocycles. The lowest BCUT2D eigenvalue weighted by Gasteiger charge is -2.13. The first kappa shape index (κ1) is 13.0. The molecule has 0 fully saturated rings. The molecule has 1 heterocycles. The zero-order chi connectivity index (χ0) is 13.8. The van der Waals surface area contributed by atoms with E-state index in [0.29, 0.717) is 33.7 Å². The summed E-state index contributed by atoms with van der Waals surface area (Å²) in [5, 5.41) is 12.4. The monoisotopic (exact) mass is 274 g/mol. The van der Waals surface area contributed by atoms with Crippen LogP contribution in [0.2, 0.25) is 5.15 Å². The van der Waals surface area contributed by atoms with Gasteiger partial charge in [-0.15, -0.1) is 0 Å². The molecular formula is C13H11ClN4O. The minimum atomic E-state index is 0.310. The van der Waals surface area contributed by atoms with Crippen molar-refractivity contribution < 1.29 is 4.74 Å². The number of nitriles is 1. The van der Waals surface area contributed by atoms with E-state index in [9.17, 15) is 0 Å². The predicted molar refractivity (Wildman–Crippen MR) is 74.7 cm³/mol. The fraction of sp³-hybridized carbons (Fsp3) is 0.0769. The highest BCUT2D eigenvalue weighted by Crippen LogP contribution is 2.32. The maximum Gasteiger partial charge on any atom is 0.155 e. The van der Waals surface area contributed by atoms with E-state index in [-0.39, 0.29) is 0 Å². The molecule has 1 aromatic carbocycles. The van der Waals surface area contributed by atoms with Gasteiger partial charge in [-0.2, -0.15) is 5.26 Å². The van der Waals surface area contributed by atoms with Crippen LogP contribution in [0.4, 0.5) is 17.2 Å². The molecule has 0 saturated carbocycles. The highest BCUT2D eigenvalue weighted by molar-refractivity contribution is 6.29. The number of ether oxygens (including phenoxy) is 1. The van der Waals surface area contributed by atoms with Crippen molar-refractivity contribution >= 4 is 28.8 Å². The predicted octanol–water partition coefficient (Wildman–Crippen LogP) is 2.94. The van der Waals surface area contributed by atoms with E-state index < -0.39 is 0 Å². The average molecular weight is 275 g/mol. The molecule has 0 amide bonds. The number of benzene rings is 1. The number of nitrogens with one attached hydrogen (secondary N) is 1. The second-order valence-corrected chi connectivity index (χ2v) is 4.08. The van der Waals surface area contributed by atoms with Gasteiger partial charge in [0.1, 0.15) is 22.7 Å². The van der Waals surface area contributed by atoms with Crippen molar-refractivity contribution in [2.24, 2.45) is 0 Å². The van der Waals surface area contributed by atoms with Crippen LogP contribution in [-0.4, -0.2) is 12.1 Å². The van der Waals surface area contributed by atoms with Gasteiger partial charge in [-0.05, 0) is 24.3 Å². The summed E-state index contributed by atoms with van der Waals surface area (Å²) in [5.41, 5.74) is 7.18. The highest BCUT2D eigenvalue weighted by atomic mass is 35.5. The van der Waals surface area contributed by atoms with Gasteiger partial charge in [-0.1, -0.05) is 17.7 Å². The Balaban J connectivity index is 2.48. The third-order valence-electron chi connectivity index (χ3n) is 2.50. The summed E-state index contributed by atoms with van der Waals surface area (Å²) in [7, 11) is 1.52. The average Bonchev–Trinajstić information content (AvgIpc) is 2.43. The number of halogens is 1. The SMILES string of the molecule is COc1cccc(C#N)c1Nc1nc(Cl)ccc1N. The van der Waals surface area contributed by atoms with Crippen molar-refractivity contribution in [2.75, 3.05) is 18.2 Å². The Kier molecular flexibility index (Phi) is 3.74. The van der Waals surface area contributed by atoms with Crippen molar-refractivity contribution in [3.8, 4) is 11.8 Å². The zero-order valence-corrected chi connectivity index (χ0v) is 10.9. The molecular weight excluding hydrogens is 264 g/mol. The number of aromatic nitrogens is 1. The van der Waals surface area contributed by atoms with Gasteiger partial charge >= 0.3 is 0 Å². The van der Waals surface area contributed by atoms with Gasteiger partial charge in [0.2, 0.25) is 0 Å². The molecule has 3 N–H and O–H groups in total. The van der Waals surface area contributed by atoms with Gasteiger partial charge in [0.15, 0.2) is 5.82 Å². The van der Waals surface area contributed by atoms with Crippen LogP contribution in [0, 0.1) is 11.3 Å². The lowest BCUT2D eigenvalue weighted by molar-refractivity contribution is 0.416. The van der Waals surface area contributed by atoms with Gasteiger partial charge in [0.25, 0.3) is 0 Å². The summed E-state index contributed by atoms with van der Waals surface area (Å²) in [6, 6.07) is 10.5. The molecule has 2 rings (SSSR count). The molecule has 0 aliphatic carbocycles. The first-order chi connectivity index (χ1) is 9.15. The number of hydrogen-bond acceptors (Lipinski definition) is 5. The fourth-order valence-electron chi connectivity index (χ4n) is 1.59. The minimum absolute atomic E-state index is 0.310. The van der Waals surface area contributed by atoms with Gasteiger partial charge in [-0.25, -0.2) is 4.98 Å². The molecule has 0 bridgehead atoms. The number of nitrogens with two attached hydrogens (primary N) is 1. The van der Waals surface area contributed by atoms with Gasteiger partial charge in [0.05, 0.1) is 18.4 Å². The second kappa shape index (κ2) is 5.46. The molecule has 0 aliphatic heterocycles. The van der Waals surface area contributed by atoms with Crippen molar-refractivity contribution in [1.82, 2.24) is 4.98 Å². The van der Waals surface area contributed by atoms with Gasteiger partial charge in [0, 0.05) is 0 Å². The molecule has 0 atom stereocenters. The Labute approximate surface area is 115 Å². The van der Waals surface area contributed by atoms with Crippen LogP contribution in [0.3, 0.4) is 0 Å². The van der Waals surface area contributed by atoms with E-state index >= 15 is 0 Å². The van der Waals surface area contributed by atoms with E-state index in [2.05, 4.69) is 16.4 Å². The van der Waals surface area contributed by atoms with E-state index in [0.717, 1.165) is 0 Å². The molecule has 0 spiro atoms. The van der Waals surface area contributed by atoms with Crippen molar-refractivity contribution in [3.63, 3.8) is 0 Å². The lowest BCUT2D eigenvalue weighted by Crippen LogP contribution is -2.02. The third-order valence-corrected chi connectivity index (χ3v) is 2.71. The molecule has 1 aromatic heterocycles. The Morgan fingerprint density at radius 1 is 1.37 bits per heavy atom. The van der Waals surface area contributed by atoms with Crippen molar-refractivity contribution in [2.45, 2.75) is 0 Å². The summed E-state index contributed by atoms with van der Waals surface area (Å²) in [5.74, 6) is 0.911. The Morgan fingerprint density at radius 2 is 2.16 bits per heavy atom. The second-order valence-electron chi connectivity index (χ2n) is 3.69. The quantitative estimate of drug-likeness (QED) is 0.841. The van der Waals surface area contributed by atoms with Crippen LogP contribution in [0.25, 0.3) is 0 Å². The van der Waals surface area contributed by atoms with Gasteiger partial charge in [-0.3, -0.25) is 0 Å². The molecule has 0 radical (unpaired) electrons. The summed E-state index contributed by atoms with van der Waals surface area (Å²) in [6.45, 7) is 0. The number of hydrogen-bond donors (Lipinski definition) is 2. The largest absolute Gasteiger partial charge is 0.495 e. The fourth-order valence-corrected chi connectivity index (χ4v) is 1.74. The number of methoxy groups -OCH3 is 1. The Hall–Kier alpha value is -2.45. The van der Waals surface area contributed by atoms with Crippen LogP contribution in [-0.2, 0) is 0 Å². The number of pyridine rings is 1. The molecule has 19 heavy (non-hydrogen) atoms. The number of nitrogen functional groups attached to an aromatic ring is 1. The van der Waals surface area contributed by atoms with E-state index in [1.54, 1.807) is 30.3 Å². The normalized spacial score (nSPS) is 9.74. The van der Waals surface area contributed by atoms with E-state index in [4.69, 9.17) is 27.3 Å². The van der Waals surface area contributed by atoms with Crippen LogP contribution < -0.4 is 15.8 Å². The smallest absolute Gasteiger partial charge is 0.155 e. The summed E-state index contributed by atoms with van der Waals surface area (Å²) in [6.07, 6.45) is 0. The Bertz CT molecular complexity index is 652. The van der Waals surface area contributed by atoms with Crippen molar-refractivity contribution in [3.05, 3.63) is 41.0 Å². The first-order valence-electron chi connectivity index (χ1n) is 5.42. The Morgan fingerprint density at radius 3 is 2.84 bits per heavy atom. The van der Waals surface area contributed by atoms with Crippen molar-refractivity contribution in [1.29, 1.82) is 5.26 Å². The molecule has 2 aromatic rings. The minimum Gasteiger partial charge on any atom is -0.495 e. The summed E-state index contributed by atoms with van der Waals surface area (Å²) < 4.78 is 5.21. The van der Waals surface area contributed by atoms with Crippen LogP contribution in [0.5, 0.6) is 5.75 Å². The standard InChI is InChI=1S/C13H11ClN4O/c1-19-10-4-2-3-8(7-15)12(10)18-13-9(16)5-6-11(14)17-13/h2-6H,16H2,1H3,(H,17,18). The molecule has 0 aliphatic rings. The highest BCUT2D eigenvalue weighted by Gasteiger charge is 2.11. The molecule has 0 unspecified atom stereocenters. The topological polar surface area (TPSA) is 84.0 Å². The molecule has 96 valence electrons. The van der Waals surface area contributed by atoms with Gasteiger partial charge < -0.3 is 15.8 Å².